The zero-order chi connectivity index (χ0) is 23.0. The molecule has 0 fully saturated rings. The molecular formula is C18H17BrF3N7O3. The highest BCUT2D eigenvalue weighted by Crippen LogP contribution is 2.37. The maximum Gasteiger partial charge on any atom is 0.493 e. The highest BCUT2D eigenvalue weighted by molar-refractivity contribution is 9.10. The number of aromatic amines is 1. The highest BCUT2D eigenvalue weighted by Gasteiger charge is 2.53. The van der Waals surface area contributed by atoms with Crippen LogP contribution in [0.4, 0.5) is 19.0 Å². The van der Waals surface area contributed by atoms with Crippen molar-refractivity contribution in [1.29, 1.82) is 0 Å². The summed E-state index contributed by atoms with van der Waals surface area (Å²) in [7, 11) is 0. The van der Waals surface area contributed by atoms with Crippen LogP contribution in [0.3, 0.4) is 0 Å². The predicted octanol–water partition coefficient (Wildman–Crippen LogP) is 3.00. The maximum absolute atomic E-state index is 13.3. The molecule has 0 aliphatic carbocycles. The molecule has 1 N–H and O–H groups in total. The Hall–Kier alpha value is -3.16. The largest absolute Gasteiger partial charge is 0.493 e. The number of hydrogen-bond acceptors (Lipinski definition) is 8. The number of hydroxylamine groups is 1. The molecule has 1 atom stereocenters. The van der Waals surface area contributed by atoms with Crippen molar-refractivity contribution >= 4 is 39.5 Å². The van der Waals surface area contributed by atoms with Gasteiger partial charge in [-0.1, -0.05) is 24.9 Å². The molecule has 170 valence electrons. The number of hydrogen-bond donors (Lipinski definition) is 1. The number of amidine groups is 1. The van der Waals surface area contributed by atoms with Crippen LogP contribution in [0.5, 0.6) is 0 Å². The van der Waals surface area contributed by atoms with E-state index in [0.717, 1.165) is 17.7 Å². The van der Waals surface area contributed by atoms with E-state index in [1.54, 1.807) is 17.0 Å². The number of fused-ring (bicyclic) bond motifs is 2. The van der Waals surface area contributed by atoms with Gasteiger partial charge in [-0.15, -0.1) is 5.10 Å². The molecule has 4 heterocycles. The van der Waals surface area contributed by atoms with Gasteiger partial charge in [-0.25, -0.2) is 14.7 Å². The number of halogens is 4. The SMILES string of the molecule is CCCCCN1c2nc(Br)[nH]c2C(=O)N2C(c3cccnc3)=NN(OC(=O)C(F)(F)F)C21. The van der Waals surface area contributed by atoms with Gasteiger partial charge < -0.3 is 14.7 Å². The number of unbranched alkanes of at least 4 members (excludes halogenated alkanes) is 2. The highest BCUT2D eigenvalue weighted by atomic mass is 79.9. The van der Waals surface area contributed by atoms with Crippen LogP contribution in [0.15, 0.2) is 34.4 Å². The van der Waals surface area contributed by atoms with Crippen LogP contribution < -0.4 is 4.90 Å². The molecule has 1 unspecified atom stereocenters. The van der Waals surface area contributed by atoms with Gasteiger partial charge in [-0.3, -0.25) is 9.78 Å². The average molecular weight is 516 g/mol. The normalized spacial score (nSPS) is 17.9. The molecule has 14 heteroatoms. The van der Waals surface area contributed by atoms with Crippen molar-refractivity contribution in [3.8, 4) is 0 Å². The molecule has 32 heavy (non-hydrogen) atoms. The molecule has 0 bridgehead atoms. The first-order valence-electron chi connectivity index (χ1n) is 9.65. The molecule has 2 aliphatic rings. The number of amides is 1. The smallest absolute Gasteiger partial charge is 0.327 e. The molecule has 1 amide bonds. The first kappa shape index (κ1) is 22.0. The lowest BCUT2D eigenvalue weighted by Gasteiger charge is -2.40. The summed E-state index contributed by atoms with van der Waals surface area (Å²) >= 11 is 3.20. The molecule has 4 rings (SSSR count). The summed E-state index contributed by atoms with van der Waals surface area (Å²) in [6, 6.07) is 3.17. The van der Waals surface area contributed by atoms with Gasteiger partial charge in [-0.2, -0.15) is 13.2 Å². The van der Waals surface area contributed by atoms with E-state index in [1.807, 2.05) is 6.92 Å². The number of nitrogens with zero attached hydrogens (tertiary/aromatic N) is 6. The molecule has 0 saturated carbocycles. The first-order valence-corrected chi connectivity index (χ1v) is 10.4. The second-order valence-corrected chi connectivity index (χ2v) is 7.74. The number of H-pyrrole nitrogens is 1. The Kier molecular flexibility index (Phi) is 5.79. The minimum Gasteiger partial charge on any atom is -0.327 e. The Morgan fingerprint density at radius 2 is 2.12 bits per heavy atom. The van der Waals surface area contributed by atoms with Crippen molar-refractivity contribution in [3.05, 3.63) is 40.5 Å². The Morgan fingerprint density at radius 3 is 2.78 bits per heavy atom. The van der Waals surface area contributed by atoms with Gasteiger partial charge in [-0.05, 0) is 34.5 Å². The fourth-order valence-corrected chi connectivity index (χ4v) is 3.80. The van der Waals surface area contributed by atoms with Gasteiger partial charge in [0.05, 0.1) is 0 Å². The molecule has 0 spiro atoms. The fraction of sp³-hybridized carbons (Fsp3) is 0.389. The Labute approximate surface area is 188 Å². The number of alkyl halides is 3. The summed E-state index contributed by atoms with van der Waals surface area (Å²) in [5, 5.41) is 4.54. The van der Waals surface area contributed by atoms with Crippen LogP contribution in [-0.2, 0) is 9.63 Å². The third-order valence-corrected chi connectivity index (χ3v) is 5.20. The molecule has 10 nitrogen and oxygen atoms in total. The summed E-state index contributed by atoms with van der Waals surface area (Å²) < 4.78 is 39.1. The number of carbonyl (C=O) groups is 2. The van der Waals surface area contributed by atoms with Crippen LogP contribution in [0.25, 0.3) is 0 Å². The summed E-state index contributed by atoms with van der Waals surface area (Å²) in [6.45, 7) is 2.32. The molecule has 0 saturated heterocycles. The van der Waals surface area contributed by atoms with Crippen LogP contribution in [0, 0.1) is 0 Å². The lowest BCUT2D eigenvalue weighted by Crippen LogP contribution is -2.60. The van der Waals surface area contributed by atoms with Crippen LogP contribution in [0.2, 0.25) is 0 Å². The van der Waals surface area contributed by atoms with Gasteiger partial charge >= 0.3 is 12.1 Å². The number of pyridine rings is 1. The van der Waals surface area contributed by atoms with Crippen molar-refractivity contribution in [2.45, 2.75) is 38.7 Å². The zero-order valence-corrected chi connectivity index (χ0v) is 18.2. The lowest BCUT2D eigenvalue weighted by molar-refractivity contribution is -0.249. The van der Waals surface area contributed by atoms with Crippen LogP contribution >= 0.6 is 15.9 Å². The number of anilines is 1. The van der Waals surface area contributed by atoms with Gasteiger partial charge in [0, 0.05) is 24.5 Å². The van der Waals surface area contributed by atoms with E-state index in [4.69, 9.17) is 0 Å². The Balaban J connectivity index is 1.80. The van der Waals surface area contributed by atoms with Gasteiger partial charge in [0.25, 0.3) is 5.91 Å². The lowest BCUT2D eigenvalue weighted by atomic mass is 10.2. The number of aromatic nitrogens is 3. The van der Waals surface area contributed by atoms with Gasteiger partial charge in [0.15, 0.2) is 16.4 Å². The van der Waals surface area contributed by atoms with E-state index in [9.17, 15) is 22.8 Å². The number of carbonyl (C=O) groups excluding carboxylic acids is 2. The number of nitrogens with one attached hydrogen (secondary N) is 1. The van der Waals surface area contributed by atoms with E-state index < -0.39 is 24.3 Å². The standard InChI is InChI=1S/C18H17BrF3N7O3/c1-2-3-4-8-27-13-11(24-16(19)25-13)14(30)28-12(10-6-5-7-23-9-10)26-29(17(27)28)32-15(31)18(20,21)22/h5-7,9,17H,2-4,8H2,1H3,(H,24,25). The van der Waals surface area contributed by atoms with E-state index >= 15 is 0 Å². The molecule has 0 aromatic carbocycles. The van der Waals surface area contributed by atoms with E-state index in [1.165, 1.54) is 12.4 Å². The Bertz CT molecular complexity index is 1060. The monoisotopic (exact) mass is 515 g/mol. The number of imidazole rings is 1. The maximum atomic E-state index is 13.3. The second kappa shape index (κ2) is 8.41. The molecule has 2 aromatic heterocycles. The summed E-state index contributed by atoms with van der Waals surface area (Å²) in [6.07, 6.45) is -1.26. The van der Waals surface area contributed by atoms with Gasteiger partial charge in [0.1, 0.15) is 5.69 Å². The van der Waals surface area contributed by atoms with Crippen molar-refractivity contribution in [1.82, 2.24) is 25.0 Å². The van der Waals surface area contributed by atoms with Crippen LogP contribution in [0.1, 0.15) is 42.2 Å². The van der Waals surface area contributed by atoms with Crippen molar-refractivity contribution in [3.63, 3.8) is 0 Å². The topological polar surface area (TPSA) is 107 Å². The quantitative estimate of drug-likeness (QED) is 0.589. The van der Waals surface area contributed by atoms with E-state index in [0.29, 0.717) is 23.7 Å². The zero-order valence-electron chi connectivity index (χ0n) is 16.6. The molecular weight excluding hydrogens is 499 g/mol. The summed E-state index contributed by atoms with van der Waals surface area (Å²) in [5.41, 5.74) is 0.483. The fourth-order valence-electron chi connectivity index (χ4n) is 3.43. The predicted molar refractivity (Wildman–Crippen MR) is 108 cm³/mol. The van der Waals surface area contributed by atoms with Crippen molar-refractivity contribution in [2.75, 3.05) is 11.4 Å². The summed E-state index contributed by atoms with van der Waals surface area (Å²) in [4.78, 5) is 43.3. The van der Waals surface area contributed by atoms with Crippen molar-refractivity contribution < 1.29 is 27.6 Å². The molecule has 2 aliphatic heterocycles. The molecule has 0 radical (unpaired) electrons. The second-order valence-electron chi connectivity index (χ2n) is 6.99. The first-order chi connectivity index (χ1) is 15.2. The third kappa shape index (κ3) is 3.89. The number of rotatable bonds is 6. The number of hydrazone groups is 1. The van der Waals surface area contributed by atoms with E-state index in [2.05, 4.69) is 40.8 Å². The van der Waals surface area contributed by atoms with Gasteiger partial charge in [0.2, 0.25) is 6.29 Å². The van der Waals surface area contributed by atoms with Crippen molar-refractivity contribution in [2.24, 2.45) is 5.10 Å². The van der Waals surface area contributed by atoms with E-state index in [-0.39, 0.29) is 22.1 Å². The van der Waals surface area contributed by atoms with Crippen LogP contribution in [-0.4, -0.2) is 61.7 Å². The average Bonchev–Trinajstić information content (AvgIpc) is 3.32. The minimum atomic E-state index is -5.25. The Morgan fingerprint density at radius 1 is 1.34 bits per heavy atom. The minimum absolute atomic E-state index is 0.0139. The summed E-state index contributed by atoms with van der Waals surface area (Å²) in [5.74, 6) is -2.85. The third-order valence-electron chi connectivity index (χ3n) is 4.82. The molecule has 2 aromatic rings.